The van der Waals surface area contributed by atoms with Crippen molar-refractivity contribution in [1.29, 1.82) is 0 Å². The summed E-state index contributed by atoms with van der Waals surface area (Å²) in [6.45, 7) is 0.410. The maximum atomic E-state index is 13.5. The summed E-state index contributed by atoms with van der Waals surface area (Å²) in [6, 6.07) is 22.9. The third-order valence-corrected chi connectivity index (χ3v) is 8.81. The largest absolute Gasteiger partial charge is 0.373 e. The van der Waals surface area contributed by atoms with Crippen LogP contribution >= 0.6 is 11.3 Å². The molecule has 1 N–H and O–H groups in total. The molecule has 0 bridgehead atoms. The van der Waals surface area contributed by atoms with E-state index in [2.05, 4.69) is 20.3 Å². The molecule has 0 unspecified atom stereocenters. The highest BCUT2D eigenvalue weighted by atomic mass is 32.2. The molecule has 0 aliphatic heterocycles. The van der Waals surface area contributed by atoms with E-state index in [9.17, 15) is 8.42 Å². The highest BCUT2D eigenvalue weighted by molar-refractivity contribution is 7.91. The number of fused-ring (bicyclic) bond motifs is 1. The third-order valence-electron chi connectivity index (χ3n) is 5.65. The Kier molecular flexibility index (Phi) is 6.54. The van der Waals surface area contributed by atoms with Crippen molar-refractivity contribution in [3.05, 3.63) is 102 Å². The van der Waals surface area contributed by atoms with Gasteiger partial charge in [-0.15, -0.1) is 11.3 Å². The Morgan fingerprint density at radius 2 is 1.77 bits per heavy atom. The van der Waals surface area contributed by atoms with E-state index >= 15 is 0 Å². The van der Waals surface area contributed by atoms with E-state index in [1.54, 1.807) is 30.0 Å². The van der Waals surface area contributed by atoms with Gasteiger partial charge in [0.2, 0.25) is 0 Å². The summed E-state index contributed by atoms with van der Waals surface area (Å²) in [4.78, 5) is 13.0. The summed E-state index contributed by atoms with van der Waals surface area (Å²) < 4.78 is 28.7. The first kappa shape index (κ1) is 23.1. The number of rotatable bonds is 8. The number of nitrogens with one attached hydrogen (secondary N) is 1. The molecule has 0 aliphatic carbocycles. The summed E-state index contributed by atoms with van der Waals surface area (Å²) >= 11 is 1.22. The number of anilines is 1. The van der Waals surface area contributed by atoms with Crippen LogP contribution in [0.15, 0.2) is 94.9 Å². The van der Waals surface area contributed by atoms with Gasteiger partial charge in [-0.2, -0.15) is 4.31 Å². The molecule has 0 fully saturated rings. The smallest absolute Gasteiger partial charge is 0.253 e. The molecule has 0 saturated heterocycles. The SMILES string of the molecule is CNc1ncnc2ccc(-c3cccc(CN(Cc4ccccn4)S(=O)(=O)c4cccs4)c3)cc12. The number of hydrogen-bond donors (Lipinski definition) is 1. The van der Waals surface area contributed by atoms with E-state index in [-0.39, 0.29) is 13.1 Å². The molecule has 2 aromatic carbocycles. The van der Waals surface area contributed by atoms with Crippen LogP contribution in [0.1, 0.15) is 11.3 Å². The second-order valence-electron chi connectivity index (χ2n) is 7.93. The van der Waals surface area contributed by atoms with Gasteiger partial charge in [0.1, 0.15) is 16.4 Å². The summed E-state index contributed by atoms with van der Waals surface area (Å²) in [6.07, 6.45) is 3.22. The maximum Gasteiger partial charge on any atom is 0.253 e. The van der Waals surface area contributed by atoms with Crippen molar-refractivity contribution >= 4 is 38.1 Å². The lowest BCUT2D eigenvalue weighted by atomic mass is 10.0. The van der Waals surface area contributed by atoms with Crippen LogP contribution in [0.5, 0.6) is 0 Å². The minimum absolute atomic E-state index is 0.185. The number of thiophene rings is 1. The second kappa shape index (κ2) is 9.91. The first-order chi connectivity index (χ1) is 17.0. The standard InChI is InChI=1S/C26H23N5O2S2/c1-27-26-23-15-21(10-11-24(23)29-18-30-26)20-7-4-6-19(14-20)16-31(17-22-8-2-3-12-28-22)35(32,33)25-9-5-13-34-25/h2-15,18H,16-17H2,1H3,(H,27,29,30). The van der Waals surface area contributed by atoms with Gasteiger partial charge in [-0.1, -0.05) is 36.4 Å². The second-order valence-corrected chi connectivity index (χ2v) is 11.0. The molecule has 0 amide bonds. The molecule has 9 heteroatoms. The van der Waals surface area contributed by atoms with Crippen LogP contribution in [-0.2, 0) is 23.1 Å². The summed E-state index contributed by atoms with van der Waals surface area (Å²) in [5.74, 6) is 0.761. The van der Waals surface area contributed by atoms with Crippen molar-refractivity contribution in [1.82, 2.24) is 19.3 Å². The van der Waals surface area contributed by atoms with Crippen LogP contribution in [0, 0.1) is 0 Å². The Labute approximate surface area is 208 Å². The van der Waals surface area contributed by atoms with Crippen LogP contribution in [0.25, 0.3) is 22.0 Å². The number of hydrogen-bond acceptors (Lipinski definition) is 7. The number of pyridine rings is 1. The minimum atomic E-state index is -3.68. The van der Waals surface area contributed by atoms with Gasteiger partial charge in [-0.25, -0.2) is 18.4 Å². The molecule has 0 atom stereocenters. The molecule has 0 radical (unpaired) electrons. The van der Waals surface area contributed by atoms with Crippen LogP contribution in [-0.4, -0.2) is 34.7 Å². The zero-order valence-corrected chi connectivity index (χ0v) is 20.6. The van der Waals surface area contributed by atoms with Crippen molar-refractivity contribution in [3.63, 3.8) is 0 Å². The summed E-state index contributed by atoms with van der Waals surface area (Å²) in [7, 11) is -1.85. The number of aromatic nitrogens is 3. The molecule has 5 aromatic rings. The predicted molar refractivity (Wildman–Crippen MR) is 140 cm³/mol. The Bertz CT molecular complexity index is 1560. The van der Waals surface area contributed by atoms with E-state index in [0.717, 1.165) is 33.4 Å². The molecule has 0 spiro atoms. The molecule has 0 aliphatic rings. The van der Waals surface area contributed by atoms with Gasteiger partial charge in [0.15, 0.2) is 0 Å². The topological polar surface area (TPSA) is 88.1 Å². The number of benzene rings is 2. The van der Waals surface area contributed by atoms with Crippen molar-refractivity contribution in [3.8, 4) is 11.1 Å². The van der Waals surface area contributed by atoms with Gasteiger partial charge < -0.3 is 5.32 Å². The van der Waals surface area contributed by atoms with Crippen molar-refractivity contribution in [2.24, 2.45) is 0 Å². The van der Waals surface area contributed by atoms with Crippen LogP contribution in [0.2, 0.25) is 0 Å². The zero-order valence-electron chi connectivity index (χ0n) is 19.0. The summed E-state index contributed by atoms with van der Waals surface area (Å²) in [5.41, 5.74) is 4.42. The third kappa shape index (κ3) is 4.93. The van der Waals surface area contributed by atoms with Crippen LogP contribution < -0.4 is 5.32 Å². The molecular weight excluding hydrogens is 478 g/mol. The Balaban J connectivity index is 1.50. The first-order valence-corrected chi connectivity index (χ1v) is 13.3. The maximum absolute atomic E-state index is 13.5. The van der Waals surface area contributed by atoms with Gasteiger partial charge >= 0.3 is 0 Å². The fraction of sp³-hybridized carbons (Fsp3) is 0.115. The molecule has 7 nitrogen and oxygen atoms in total. The highest BCUT2D eigenvalue weighted by Crippen LogP contribution is 2.29. The van der Waals surface area contributed by atoms with Crippen LogP contribution in [0.3, 0.4) is 0 Å². The quantitative estimate of drug-likeness (QED) is 0.315. The van der Waals surface area contributed by atoms with Crippen molar-refractivity contribution < 1.29 is 8.42 Å². The normalized spacial score (nSPS) is 11.7. The van der Waals surface area contributed by atoms with E-state index in [0.29, 0.717) is 9.90 Å². The van der Waals surface area contributed by atoms with Gasteiger partial charge in [0.05, 0.1) is 17.8 Å². The Morgan fingerprint density at radius 3 is 2.54 bits per heavy atom. The van der Waals surface area contributed by atoms with Crippen molar-refractivity contribution in [2.75, 3.05) is 12.4 Å². The molecule has 176 valence electrons. The molecule has 0 saturated carbocycles. The Morgan fingerprint density at radius 1 is 0.886 bits per heavy atom. The van der Waals surface area contributed by atoms with Gasteiger partial charge in [0.25, 0.3) is 10.0 Å². The Hall–Kier alpha value is -3.66. The minimum Gasteiger partial charge on any atom is -0.373 e. The van der Waals surface area contributed by atoms with Crippen LogP contribution in [0.4, 0.5) is 5.82 Å². The molecular formula is C26H23N5O2S2. The lowest BCUT2D eigenvalue weighted by Crippen LogP contribution is -2.30. The monoisotopic (exact) mass is 501 g/mol. The molecule has 3 aromatic heterocycles. The van der Waals surface area contributed by atoms with E-state index < -0.39 is 10.0 Å². The van der Waals surface area contributed by atoms with Gasteiger partial charge in [-0.05, 0) is 58.5 Å². The van der Waals surface area contributed by atoms with E-state index in [4.69, 9.17) is 0 Å². The van der Waals surface area contributed by atoms with E-state index in [1.165, 1.54) is 15.6 Å². The molecule has 35 heavy (non-hydrogen) atoms. The van der Waals surface area contributed by atoms with Crippen molar-refractivity contribution in [2.45, 2.75) is 17.3 Å². The highest BCUT2D eigenvalue weighted by Gasteiger charge is 2.26. The number of sulfonamides is 1. The summed E-state index contributed by atoms with van der Waals surface area (Å²) in [5, 5.41) is 5.81. The fourth-order valence-corrected chi connectivity index (χ4v) is 6.47. The molecule has 3 heterocycles. The van der Waals surface area contributed by atoms with Gasteiger partial charge in [0, 0.05) is 25.2 Å². The first-order valence-electron chi connectivity index (χ1n) is 11.0. The lowest BCUT2D eigenvalue weighted by molar-refractivity contribution is 0.398. The average molecular weight is 502 g/mol. The van der Waals surface area contributed by atoms with Gasteiger partial charge in [-0.3, -0.25) is 4.98 Å². The average Bonchev–Trinajstić information content (AvgIpc) is 3.45. The van der Waals surface area contributed by atoms with E-state index in [1.807, 2.05) is 67.7 Å². The zero-order chi connectivity index (χ0) is 24.3. The predicted octanol–water partition coefficient (Wildman–Crippen LogP) is 5.19. The lowest BCUT2D eigenvalue weighted by Gasteiger charge is -2.21. The number of nitrogens with zero attached hydrogens (tertiary/aromatic N) is 4. The fourth-order valence-electron chi connectivity index (χ4n) is 3.92. The molecule has 5 rings (SSSR count).